The van der Waals surface area contributed by atoms with E-state index in [9.17, 15) is 4.79 Å². The van der Waals surface area contributed by atoms with Crippen LogP contribution < -0.4 is 11.1 Å². The summed E-state index contributed by atoms with van der Waals surface area (Å²) < 4.78 is 4.97. The summed E-state index contributed by atoms with van der Waals surface area (Å²) >= 11 is 1.69. The molecule has 0 unspecified atom stereocenters. The maximum Gasteiger partial charge on any atom is 0.340 e. The fraction of sp³-hybridized carbons (Fsp3) is 0.214. The van der Waals surface area contributed by atoms with Crippen LogP contribution in [0.15, 0.2) is 35.7 Å². The van der Waals surface area contributed by atoms with Crippen LogP contribution in [0, 0.1) is 0 Å². The molecule has 0 amide bonds. The van der Waals surface area contributed by atoms with E-state index in [0.717, 1.165) is 12.2 Å². The van der Waals surface area contributed by atoms with Crippen LogP contribution in [-0.2, 0) is 11.3 Å². The van der Waals surface area contributed by atoms with Gasteiger partial charge in [0.25, 0.3) is 0 Å². The Bertz CT molecular complexity index is 553. The molecule has 0 aliphatic carbocycles. The molecule has 0 aliphatic rings. The molecule has 0 saturated carbocycles. The molecule has 19 heavy (non-hydrogen) atoms. The number of anilines is 2. The van der Waals surface area contributed by atoms with E-state index in [2.05, 4.69) is 11.4 Å². The summed E-state index contributed by atoms with van der Waals surface area (Å²) in [5, 5.41) is 5.29. The molecule has 0 saturated heterocycles. The van der Waals surface area contributed by atoms with E-state index in [1.807, 2.05) is 17.5 Å². The topological polar surface area (TPSA) is 64.3 Å². The molecule has 0 bridgehead atoms. The van der Waals surface area contributed by atoms with Crippen molar-refractivity contribution in [3.8, 4) is 0 Å². The highest BCUT2D eigenvalue weighted by atomic mass is 32.1. The highest BCUT2D eigenvalue weighted by Gasteiger charge is 2.11. The van der Waals surface area contributed by atoms with Gasteiger partial charge in [-0.2, -0.15) is 0 Å². The number of nitrogen functional groups attached to an aromatic ring is 1. The van der Waals surface area contributed by atoms with Gasteiger partial charge in [0.15, 0.2) is 0 Å². The Morgan fingerprint density at radius 3 is 2.95 bits per heavy atom. The molecule has 0 fully saturated rings. The van der Waals surface area contributed by atoms with Crippen LogP contribution in [0.3, 0.4) is 0 Å². The maximum absolute atomic E-state index is 11.7. The lowest BCUT2D eigenvalue weighted by Gasteiger charge is -2.09. The van der Waals surface area contributed by atoms with Crippen LogP contribution in [0.5, 0.6) is 0 Å². The van der Waals surface area contributed by atoms with Crippen LogP contribution in [0.4, 0.5) is 11.4 Å². The van der Waals surface area contributed by atoms with Crippen molar-refractivity contribution in [2.45, 2.75) is 13.5 Å². The summed E-state index contributed by atoms with van der Waals surface area (Å²) in [7, 11) is 0. The van der Waals surface area contributed by atoms with Gasteiger partial charge in [-0.1, -0.05) is 6.07 Å². The molecule has 2 rings (SSSR count). The summed E-state index contributed by atoms with van der Waals surface area (Å²) in [4.78, 5) is 13.0. The van der Waals surface area contributed by atoms with Crippen LogP contribution in [0.2, 0.25) is 0 Å². The number of nitrogens with two attached hydrogens (primary N) is 1. The molecule has 2 aromatic rings. The predicted octanol–water partition coefficient (Wildman–Crippen LogP) is 3.12. The highest BCUT2D eigenvalue weighted by molar-refractivity contribution is 7.09. The molecule has 100 valence electrons. The Hall–Kier alpha value is -2.01. The fourth-order valence-electron chi connectivity index (χ4n) is 1.65. The minimum atomic E-state index is -0.389. The number of nitrogens with one attached hydrogen (secondary N) is 1. The molecular weight excluding hydrogens is 260 g/mol. The van der Waals surface area contributed by atoms with E-state index < -0.39 is 0 Å². The van der Waals surface area contributed by atoms with Gasteiger partial charge in [0, 0.05) is 22.8 Å². The minimum Gasteiger partial charge on any atom is -0.462 e. The molecule has 1 aromatic carbocycles. The molecule has 4 nitrogen and oxygen atoms in total. The number of thiophene rings is 1. The van der Waals surface area contributed by atoms with E-state index >= 15 is 0 Å². The molecular formula is C14H16N2O2S. The van der Waals surface area contributed by atoms with Crippen molar-refractivity contribution in [1.29, 1.82) is 0 Å². The van der Waals surface area contributed by atoms with Crippen LogP contribution >= 0.6 is 11.3 Å². The van der Waals surface area contributed by atoms with Gasteiger partial charge in [0.2, 0.25) is 0 Å². The standard InChI is InChI=1S/C14H16N2O2S/c1-2-18-14(17)12-8-10(5-6-13(12)15)16-9-11-4-3-7-19-11/h3-8,16H,2,9,15H2,1H3. The monoisotopic (exact) mass is 276 g/mol. The number of rotatable bonds is 5. The number of carbonyl (C=O) groups is 1. The average molecular weight is 276 g/mol. The Morgan fingerprint density at radius 1 is 1.42 bits per heavy atom. The average Bonchev–Trinajstić information content (AvgIpc) is 2.91. The molecule has 0 atom stereocenters. The Kier molecular flexibility index (Phi) is 4.41. The summed E-state index contributed by atoms with van der Waals surface area (Å²) in [6.45, 7) is 2.84. The molecule has 0 spiro atoms. The van der Waals surface area contributed by atoms with Gasteiger partial charge in [-0.3, -0.25) is 0 Å². The van der Waals surface area contributed by atoms with Crippen LogP contribution in [0.1, 0.15) is 22.2 Å². The second-order valence-electron chi connectivity index (χ2n) is 3.96. The van der Waals surface area contributed by atoms with E-state index in [0.29, 0.717) is 17.9 Å². The van der Waals surface area contributed by atoms with E-state index in [4.69, 9.17) is 10.5 Å². The largest absolute Gasteiger partial charge is 0.462 e. The Balaban J connectivity index is 2.09. The van der Waals surface area contributed by atoms with Crippen molar-refractivity contribution in [2.24, 2.45) is 0 Å². The van der Waals surface area contributed by atoms with Gasteiger partial charge in [-0.05, 0) is 36.6 Å². The van der Waals surface area contributed by atoms with Gasteiger partial charge in [-0.25, -0.2) is 4.79 Å². The molecule has 0 radical (unpaired) electrons. The number of hydrogen-bond acceptors (Lipinski definition) is 5. The fourth-order valence-corrected chi connectivity index (χ4v) is 2.30. The second kappa shape index (κ2) is 6.24. The number of esters is 1. The zero-order valence-electron chi connectivity index (χ0n) is 10.7. The van der Waals surface area contributed by atoms with Crippen LogP contribution in [0.25, 0.3) is 0 Å². The lowest BCUT2D eigenvalue weighted by molar-refractivity contribution is 0.0527. The first-order chi connectivity index (χ1) is 9.20. The molecule has 1 aromatic heterocycles. The highest BCUT2D eigenvalue weighted by Crippen LogP contribution is 2.20. The van der Waals surface area contributed by atoms with Gasteiger partial charge < -0.3 is 15.8 Å². The zero-order valence-corrected chi connectivity index (χ0v) is 11.5. The summed E-state index contributed by atoms with van der Waals surface area (Å²) in [5.74, 6) is -0.389. The number of carbonyl (C=O) groups excluding carboxylic acids is 1. The van der Waals surface area contributed by atoms with Crippen molar-refractivity contribution in [2.75, 3.05) is 17.7 Å². The minimum absolute atomic E-state index is 0.338. The molecule has 5 heteroatoms. The van der Waals surface area contributed by atoms with Crippen molar-refractivity contribution in [1.82, 2.24) is 0 Å². The van der Waals surface area contributed by atoms with Crippen LogP contribution in [-0.4, -0.2) is 12.6 Å². The lowest BCUT2D eigenvalue weighted by Crippen LogP contribution is -2.09. The molecule has 1 heterocycles. The first-order valence-electron chi connectivity index (χ1n) is 6.03. The summed E-state index contributed by atoms with van der Waals surface area (Å²) in [6, 6.07) is 9.35. The van der Waals surface area contributed by atoms with E-state index in [1.54, 1.807) is 30.4 Å². The first-order valence-corrected chi connectivity index (χ1v) is 6.91. The smallest absolute Gasteiger partial charge is 0.340 e. The van der Waals surface area contributed by atoms with Crippen molar-refractivity contribution in [3.63, 3.8) is 0 Å². The van der Waals surface area contributed by atoms with Crippen molar-refractivity contribution in [3.05, 3.63) is 46.2 Å². The predicted molar refractivity (Wildman–Crippen MR) is 78.5 cm³/mol. The second-order valence-corrected chi connectivity index (χ2v) is 4.99. The summed E-state index contributed by atoms with van der Waals surface area (Å²) in [6.07, 6.45) is 0. The molecule has 3 N–H and O–H groups in total. The van der Waals surface area contributed by atoms with Gasteiger partial charge in [-0.15, -0.1) is 11.3 Å². The Morgan fingerprint density at radius 2 is 2.26 bits per heavy atom. The number of benzene rings is 1. The zero-order chi connectivity index (χ0) is 13.7. The normalized spacial score (nSPS) is 10.2. The molecule has 0 aliphatic heterocycles. The third kappa shape index (κ3) is 3.48. The number of hydrogen-bond donors (Lipinski definition) is 2. The van der Waals surface area contributed by atoms with Crippen molar-refractivity contribution < 1.29 is 9.53 Å². The van der Waals surface area contributed by atoms with E-state index in [1.165, 1.54) is 4.88 Å². The maximum atomic E-state index is 11.7. The van der Waals surface area contributed by atoms with E-state index in [-0.39, 0.29) is 5.97 Å². The van der Waals surface area contributed by atoms with Gasteiger partial charge in [0.1, 0.15) is 0 Å². The lowest BCUT2D eigenvalue weighted by atomic mass is 10.1. The SMILES string of the molecule is CCOC(=O)c1cc(NCc2cccs2)ccc1N. The first kappa shape index (κ1) is 13.4. The third-order valence-electron chi connectivity index (χ3n) is 2.60. The summed E-state index contributed by atoms with van der Waals surface area (Å²) in [5.41, 5.74) is 7.47. The van der Waals surface area contributed by atoms with Gasteiger partial charge in [0.05, 0.1) is 12.2 Å². The quantitative estimate of drug-likeness (QED) is 0.650. The third-order valence-corrected chi connectivity index (χ3v) is 3.47. The Labute approximate surface area is 116 Å². The van der Waals surface area contributed by atoms with Crippen molar-refractivity contribution >= 4 is 28.7 Å². The van der Waals surface area contributed by atoms with Gasteiger partial charge >= 0.3 is 5.97 Å². The number of ether oxygens (including phenoxy) is 1.